The molecule has 0 atom stereocenters. The monoisotopic (exact) mass is 605 g/mol. The average Bonchev–Trinajstić information content (AvgIpc) is 3.27. The Labute approximate surface area is 253 Å². The Bertz CT molecular complexity index is 1640. The first kappa shape index (κ1) is 29.1. The first-order valence-electron chi connectivity index (χ1n) is 13.0. The highest BCUT2D eigenvalue weighted by atomic mass is 35.5. The van der Waals surface area contributed by atoms with E-state index < -0.39 is 0 Å². The SMILES string of the molecule is CN(C)C/C=C/C(=O)Nc1ccc(Cl)c(N2C(=O)N(Cc3ccccc3)Cc3cnc(Nc4cn(C)nc4Cl)nc32)c1. The van der Waals surface area contributed by atoms with Gasteiger partial charge in [-0.15, -0.1) is 0 Å². The Morgan fingerprint density at radius 2 is 1.93 bits per heavy atom. The number of carbonyl (C=O) groups is 2. The van der Waals surface area contributed by atoms with Crippen LogP contribution in [0.4, 0.5) is 33.6 Å². The third kappa shape index (κ3) is 6.71. The van der Waals surface area contributed by atoms with E-state index >= 15 is 0 Å². The lowest BCUT2D eigenvalue weighted by Gasteiger charge is -2.36. The van der Waals surface area contributed by atoms with Crippen LogP contribution in [0.2, 0.25) is 10.2 Å². The molecular weight excluding hydrogens is 577 g/mol. The molecule has 0 aliphatic carbocycles. The van der Waals surface area contributed by atoms with Gasteiger partial charge in [-0.3, -0.25) is 9.48 Å². The molecule has 3 amide bonds. The highest BCUT2D eigenvalue weighted by Crippen LogP contribution is 2.39. The summed E-state index contributed by atoms with van der Waals surface area (Å²) < 4.78 is 1.57. The second kappa shape index (κ2) is 12.6. The van der Waals surface area contributed by atoms with Crippen molar-refractivity contribution in [3.05, 3.63) is 94.4 Å². The van der Waals surface area contributed by atoms with Crippen molar-refractivity contribution < 1.29 is 9.59 Å². The second-order valence-corrected chi connectivity index (χ2v) is 10.7. The van der Waals surface area contributed by atoms with Crippen molar-refractivity contribution in [2.75, 3.05) is 36.2 Å². The molecule has 3 heterocycles. The molecule has 2 aromatic heterocycles. The number of hydrogen-bond donors (Lipinski definition) is 2. The highest BCUT2D eigenvalue weighted by Gasteiger charge is 2.35. The number of aryl methyl sites for hydroxylation is 1. The van der Waals surface area contributed by atoms with Gasteiger partial charge in [-0.1, -0.05) is 59.6 Å². The van der Waals surface area contributed by atoms with Gasteiger partial charge in [-0.05, 0) is 37.9 Å². The van der Waals surface area contributed by atoms with E-state index in [0.29, 0.717) is 46.6 Å². The molecule has 0 bridgehead atoms. The van der Waals surface area contributed by atoms with Gasteiger partial charge in [0.05, 0.1) is 22.9 Å². The van der Waals surface area contributed by atoms with E-state index in [0.717, 1.165) is 5.56 Å². The minimum atomic E-state index is -0.327. The number of amides is 3. The van der Waals surface area contributed by atoms with E-state index in [2.05, 4.69) is 20.7 Å². The van der Waals surface area contributed by atoms with Gasteiger partial charge >= 0.3 is 6.03 Å². The Balaban J connectivity index is 1.52. The molecule has 216 valence electrons. The molecule has 4 aromatic rings. The zero-order valence-corrected chi connectivity index (χ0v) is 24.8. The second-order valence-electron chi connectivity index (χ2n) is 9.95. The van der Waals surface area contributed by atoms with E-state index in [9.17, 15) is 9.59 Å². The third-order valence-corrected chi connectivity index (χ3v) is 6.92. The van der Waals surface area contributed by atoms with Crippen LogP contribution >= 0.6 is 23.2 Å². The van der Waals surface area contributed by atoms with Crippen molar-refractivity contribution in [3.63, 3.8) is 0 Å². The molecule has 5 rings (SSSR count). The van der Waals surface area contributed by atoms with E-state index in [1.165, 1.54) is 11.0 Å². The molecule has 11 nitrogen and oxygen atoms in total. The molecular formula is C29H29Cl2N9O2. The van der Waals surface area contributed by atoms with Crippen molar-refractivity contribution in [1.29, 1.82) is 0 Å². The average molecular weight is 607 g/mol. The number of fused-ring (bicyclic) bond motifs is 1. The number of likely N-dealkylation sites (N-methyl/N-ethyl adjacent to an activating group) is 1. The van der Waals surface area contributed by atoms with Crippen LogP contribution in [0, 0.1) is 0 Å². The Morgan fingerprint density at radius 3 is 2.64 bits per heavy atom. The minimum Gasteiger partial charge on any atom is -0.322 e. The van der Waals surface area contributed by atoms with E-state index in [1.54, 1.807) is 53.3 Å². The first-order valence-corrected chi connectivity index (χ1v) is 13.8. The van der Waals surface area contributed by atoms with Crippen LogP contribution in [-0.2, 0) is 24.9 Å². The number of aromatic nitrogens is 4. The van der Waals surface area contributed by atoms with Gasteiger partial charge in [0.1, 0.15) is 0 Å². The molecule has 0 saturated heterocycles. The zero-order valence-electron chi connectivity index (χ0n) is 23.3. The number of carbonyl (C=O) groups excluding carboxylic acids is 2. The summed E-state index contributed by atoms with van der Waals surface area (Å²) in [6, 6.07) is 14.3. The molecule has 2 N–H and O–H groups in total. The summed E-state index contributed by atoms with van der Waals surface area (Å²) in [6.07, 6.45) is 6.59. The summed E-state index contributed by atoms with van der Waals surface area (Å²) in [5.74, 6) is 0.283. The fourth-order valence-electron chi connectivity index (χ4n) is 4.39. The van der Waals surface area contributed by atoms with Crippen molar-refractivity contribution in [2.24, 2.45) is 7.05 Å². The number of anilines is 5. The summed E-state index contributed by atoms with van der Waals surface area (Å²) in [5, 5.41) is 10.6. The van der Waals surface area contributed by atoms with Gasteiger partial charge in [0.15, 0.2) is 11.0 Å². The minimum absolute atomic E-state index is 0.226. The number of nitrogens with one attached hydrogen (secondary N) is 2. The molecule has 13 heteroatoms. The van der Waals surface area contributed by atoms with Crippen molar-refractivity contribution >= 4 is 64.0 Å². The maximum absolute atomic E-state index is 14.1. The Kier molecular flexibility index (Phi) is 8.72. The standard InChI is InChI=1S/C29H29Cl2N9O2/c1-37(2)13-7-10-25(41)33-21-11-12-22(30)24(14-21)40-27-20(17-39(29(40)42)16-19-8-5-4-6-9-19)15-32-28(35-27)34-23-18-38(3)36-26(23)31/h4-12,14-15,18H,13,16-17H2,1-3H3,(H,33,41)(H,32,34,35)/b10-7+. The molecule has 42 heavy (non-hydrogen) atoms. The summed E-state index contributed by atoms with van der Waals surface area (Å²) in [4.78, 5) is 40.9. The number of urea groups is 1. The van der Waals surface area contributed by atoms with Crippen molar-refractivity contribution in [3.8, 4) is 0 Å². The molecule has 0 radical (unpaired) electrons. The van der Waals surface area contributed by atoms with Crippen LogP contribution in [-0.4, -0.2) is 62.1 Å². The maximum Gasteiger partial charge on any atom is 0.330 e. The normalized spacial score (nSPS) is 13.1. The van der Waals surface area contributed by atoms with Crippen LogP contribution in [0.15, 0.2) is 73.1 Å². The van der Waals surface area contributed by atoms with E-state index in [1.807, 2.05) is 49.3 Å². The van der Waals surface area contributed by atoms with Crippen LogP contribution in [0.3, 0.4) is 0 Å². The maximum atomic E-state index is 14.1. The van der Waals surface area contributed by atoms with Crippen molar-refractivity contribution in [1.82, 2.24) is 29.5 Å². The lowest BCUT2D eigenvalue weighted by Crippen LogP contribution is -2.45. The fourth-order valence-corrected chi connectivity index (χ4v) is 4.81. The summed E-state index contributed by atoms with van der Waals surface area (Å²) in [7, 11) is 5.58. The number of hydrogen-bond acceptors (Lipinski definition) is 7. The predicted molar refractivity (Wildman–Crippen MR) is 165 cm³/mol. The van der Waals surface area contributed by atoms with Gasteiger partial charge in [-0.2, -0.15) is 10.1 Å². The van der Waals surface area contributed by atoms with E-state index in [-0.39, 0.29) is 29.6 Å². The molecule has 1 aliphatic rings. The third-order valence-electron chi connectivity index (χ3n) is 6.32. The predicted octanol–water partition coefficient (Wildman–Crippen LogP) is 5.59. The lowest BCUT2D eigenvalue weighted by molar-refractivity contribution is -0.111. The van der Waals surface area contributed by atoms with Crippen molar-refractivity contribution in [2.45, 2.75) is 13.1 Å². The van der Waals surface area contributed by atoms with Crippen LogP contribution in [0.25, 0.3) is 0 Å². The van der Waals surface area contributed by atoms with Crippen LogP contribution < -0.4 is 15.5 Å². The van der Waals surface area contributed by atoms with Gasteiger partial charge in [0.2, 0.25) is 11.9 Å². The van der Waals surface area contributed by atoms with E-state index in [4.69, 9.17) is 28.2 Å². The Morgan fingerprint density at radius 1 is 1.14 bits per heavy atom. The van der Waals surface area contributed by atoms with Crippen LogP contribution in [0.1, 0.15) is 11.1 Å². The number of benzene rings is 2. The van der Waals surface area contributed by atoms with Gasteiger partial charge in [0.25, 0.3) is 0 Å². The smallest absolute Gasteiger partial charge is 0.322 e. The first-order chi connectivity index (χ1) is 20.2. The zero-order chi connectivity index (χ0) is 29.8. The van der Waals surface area contributed by atoms with Crippen LogP contribution in [0.5, 0.6) is 0 Å². The molecule has 0 unspecified atom stereocenters. The lowest BCUT2D eigenvalue weighted by atomic mass is 10.1. The molecule has 2 aromatic carbocycles. The summed E-state index contributed by atoms with van der Waals surface area (Å²) >= 11 is 12.9. The Hall–Kier alpha value is -4.45. The largest absolute Gasteiger partial charge is 0.330 e. The molecule has 0 spiro atoms. The topological polar surface area (TPSA) is 112 Å². The molecule has 1 aliphatic heterocycles. The number of rotatable bonds is 9. The quantitative estimate of drug-likeness (QED) is 0.239. The van der Waals surface area contributed by atoms with Gasteiger partial charge < -0.3 is 20.4 Å². The van der Waals surface area contributed by atoms with Gasteiger partial charge in [-0.25, -0.2) is 14.7 Å². The summed E-state index contributed by atoms with van der Waals surface area (Å²) in [6.45, 7) is 1.28. The van der Waals surface area contributed by atoms with Gasteiger partial charge in [0, 0.05) is 49.9 Å². The fraction of sp³-hybridized carbons (Fsp3) is 0.207. The number of halogens is 2. The molecule has 0 fully saturated rings. The number of nitrogens with zero attached hydrogens (tertiary/aromatic N) is 7. The summed E-state index contributed by atoms with van der Waals surface area (Å²) in [5.41, 5.74) is 3.03. The highest BCUT2D eigenvalue weighted by molar-refractivity contribution is 6.34. The molecule has 0 saturated carbocycles.